The van der Waals surface area contributed by atoms with Crippen molar-refractivity contribution in [2.45, 2.75) is 0 Å². The zero-order chi connectivity index (χ0) is 32.8. The van der Waals surface area contributed by atoms with Crippen LogP contribution in [0.4, 0.5) is 0 Å². The van der Waals surface area contributed by atoms with Crippen LogP contribution >= 0.6 is 0 Å². The molecule has 0 atom stereocenters. The molecule has 0 aliphatic carbocycles. The first kappa shape index (κ1) is 27.3. The van der Waals surface area contributed by atoms with Gasteiger partial charge in [-0.05, 0) is 108 Å². The van der Waals surface area contributed by atoms with Crippen molar-refractivity contribution in [3.8, 4) is 33.4 Å². The molecule has 232 valence electrons. The van der Waals surface area contributed by atoms with E-state index in [0.29, 0.717) is 0 Å². The van der Waals surface area contributed by atoms with Crippen LogP contribution in [0.3, 0.4) is 0 Å². The van der Waals surface area contributed by atoms with Gasteiger partial charge >= 0.3 is 0 Å². The molecular weight excluding hydrogens is 609 g/mol. The van der Waals surface area contributed by atoms with Crippen LogP contribution in [0.5, 0.6) is 0 Å². The van der Waals surface area contributed by atoms with Gasteiger partial charge in [0.25, 0.3) is 0 Å². The fraction of sp³-hybridized carbons (Fsp3) is 0. The smallest absolute Gasteiger partial charge is 0.136 e. The molecule has 2 heterocycles. The summed E-state index contributed by atoms with van der Waals surface area (Å²) in [5.41, 5.74) is 10.8. The first-order valence-electron chi connectivity index (χ1n) is 17.1. The second-order valence-electron chi connectivity index (χ2n) is 13.2. The van der Waals surface area contributed by atoms with Crippen molar-refractivity contribution in [1.82, 2.24) is 0 Å². The van der Waals surface area contributed by atoms with Gasteiger partial charge in [0.1, 0.15) is 22.3 Å². The number of fused-ring (bicyclic) bond motifs is 10. The molecule has 0 N–H and O–H groups in total. The molecule has 0 amide bonds. The number of hydrogen-bond acceptors (Lipinski definition) is 2. The van der Waals surface area contributed by atoms with Gasteiger partial charge in [-0.15, -0.1) is 0 Å². The highest BCUT2D eigenvalue weighted by Crippen LogP contribution is 2.47. The SMILES string of the molecule is c1ccc(-c2c3ccccc3c(-c3cc(-c4ccc5oc6ccc7oc8ccccc8c7c6c5c4)cc4ccccc34)c3ccccc23)cc1. The molecule has 0 aliphatic heterocycles. The molecule has 0 saturated heterocycles. The van der Waals surface area contributed by atoms with E-state index in [4.69, 9.17) is 8.83 Å². The van der Waals surface area contributed by atoms with E-state index in [9.17, 15) is 0 Å². The molecule has 11 rings (SSSR count). The summed E-state index contributed by atoms with van der Waals surface area (Å²) in [6.07, 6.45) is 0. The van der Waals surface area contributed by atoms with E-state index in [2.05, 4.69) is 146 Å². The van der Waals surface area contributed by atoms with Gasteiger partial charge in [-0.2, -0.15) is 0 Å². The predicted octanol–water partition coefficient (Wildman–Crippen LogP) is 13.9. The maximum atomic E-state index is 6.44. The third-order valence-electron chi connectivity index (χ3n) is 10.4. The maximum Gasteiger partial charge on any atom is 0.136 e. The fourth-order valence-corrected chi connectivity index (χ4v) is 8.28. The van der Waals surface area contributed by atoms with Crippen LogP contribution in [0, 0.1) is 0 Å². The van der Waals surface area contributed by atoms with Crippen LogP contribution in [0.15, 0.2) is 179 Å². The highest BCUT2D eigenvalue weighted by molar-refractivity contribution is 6.27. The van der Waals surface area contributed by atoms with Crippen LogP contribution in [0.25, 0.3) is 110 Å². The highest BCUT2D eigenvalue weighted by atomic mass is 16.3. The molecule has 2 aromatic heterocycles. The van der Waals surface area contributed by atoms with Gasteiger partial charge in [0.05, 0.1) is 0 Å². The van der Waals surface area contributed by atoms with Gasteiger partial charge < -0.3 is 8.83 Å². The molecule has 2 nitrogen and oxygen atoms in total. The zero-order valence-electron chi connectivity index (χ0n) is 27.0. The summed E-state index contributed by atoms with van der Waals surface area (Å²) in [6, 6.07) is 61.0. The Balaban J connectivity index is 1.22. The number of benzene rings is 9. The van der Waals surface area contributed by atoms with Gasteiger partial charge in [-0.3, -0.25) is 0 Å². The van der Waals surface area contributed by atoms with Gasteiger partial charge in [-0.1, -0.05) is 127 Å². The van der Waals surface area contributed by atoms with E-state index >= 15 is 0 Å². The van der Waals surface area contributed by atoms with Crippen molar-refractivity contribution in [3.63, 3.8) is 0 Å². The van der Waals surface area contributed by atoms with Crippen molar-refractivity contribution in [2.24, 2.45) is 0 Å². The Labute approximate surface area is 287 Å². The molecule has 2 heteroatoms. The Morgan fingerprint density at radius 2 is 0.800 bits per heavy atom. The summed E-state index contributed by atoms with van der Waals surface area (Å²) in [4.78, 5) is 0. The fourth-order valence-electron chi connectivity index (χ4n) is 8.28. The normalized spacial score (nSPS) is 12.0. The Bertz CT molecular complexity index is 3080. The molecule has 50 heavy (non-hydrogen) atoms. The minimum absolute atomic E-state index is 0.867. The summed E-state index contributed by atoms with van der Waals surface area (Å²) in [5.74, 6) is 0. The van der Waals surface area contributed by atoms with Gasteiger partial charge in [0, 0.05) is 21.5 Å². The lowest BCUT2D eigenvalue weighted by atomic mass is 9.84. The van der Waals surface area contributed by atoms with Crippen LogP contribution in [0.1, 0.15) is 0 Å². The highest BCUT2D eigenvalue weighted by Gasteiger charge is 2.20. The lowest BCUT2D eigenvalue weighted by Crippen LogP contribution is -1.92. The van der Waals surface area contributed by atoms with E-state index in [-0.39, 0.29) is 0 Å². The first-order chi connectivity index (χ1) is 24.8. The second-order valence-corrected chi connectivity index (χ2v) is 13.2. The van der Waals surface area contributed by atoms with Crippen LogP contribution in [0.2, 0.25) is 0 Å². The number of rotatable bonds is 3. The minimum Gasteiger partial charge on any atom is -0.456 e. The summed E-state index contributed by atoms with van der Waals surface area (Å²) >= 11 is 0. The van der Waals surface area contributed by atoms with Gasteiger partial charge in [0.15, 0.2) is 0 Å². The molecule has 0 bridgehead atoms. The van der Waals surface area contributed by atoms with Crippen LogP contribution in [-0.4, -0.2) is 0 Å². The average molecular weight is 637 g/mol. The Hall–Kier alpha value is -6.64. The molecule has 11 aromatic rings. The summed E-state index contributed by atoms with van der Waals surface area (Å²) < 4.78 is 12.7. The van der Waals surface area contributed by atoms with Crippen molar-refractivity contribution in [1.29, 1.82) is 0 Å². The number of furan rings is 2. The summed E-state index contributed by atoms with van der Waals surface area (Å²) in [7, 11) is 0. The third kappa shape index (κ3) is 3.90. The average Bonchev–Trinajstić information content (AvgIpc) is 3.74. The molecular formula is C48H28O2. The topological polar surface area (TPSA) is 26.3 Å². The summed E-state index contributed by atoms with van der Waals surface area (Å²) in [5, 5.41) is 11.8. The lowest BCUT2D eigenvalue weighted by Gasteiger charge is -2.19. The predicted molar refractivity (Wildman–Crippen MR) is 210 cm³/mol. The van der Waals surface area contributed by atoms with E-state index in [0.717, 1.165) is 49.4 Å². The molecule has 0 unspecified atom stereocenters. The van der Waals surface area contributed by atoms with Crippen molar-refractivity contribution in [3.05, 3.63) is 170 Å². The summed E-state index contributed by atoms with van der Waals surface area (Å²) in [6.45, 7) is 0. The lowest BCUT2D eigenvalue weighted by molar-refractivity contribution is 0.663. The van der Waals surface area contributed by atoms with E-state index < -0.39 is 0 Å². The van der Waals surface area contributed by atoms with E-state index in [1.807, 2.05) is 24.3 Å². The molecule has 0 radical (unpaired) electrons. The standard InChI is InChI=1S/C48H28O2/c1-2-12-29(13-3-1)45-34-16-6-8-18-36(34)46(37-19-9-7-17-35(37)45)39-28-32(26-31-14-4-5-15-33(31)39)30-22-23-42-40(27-30)48-44(50-42)25-24-43-47(48)38-20-10-11-21-41(38)49-43/h1-28H. The molecule has 0 aliphatic rings. The second kappa shape index (κ2) is 10.4. The Kier molecular flexibility index (Phi) is 5.70. The molecule has 0 fully saturated rings. The Morgan fingerprint density at radius 1 is 0.280 bits per heavy atom. The van der Waals surface area contributed by atoms with Crippen LogP contribution in [-0.2, 0) is 0 Å². The third-order valence-corrected chi connectivity index (χ3v) is 10.4. The van der Waals surface area contributed by atoms with Gasteiger partial charge in [-0.25, -0.2) is 0 Å². The van der Waals surface area contributed by atoms with E-state index in [1.54, 1.807) is 0 Å². The monoisotopic (exact) mass is 636 g/mol. The largest absolute Gasteiger partial charge is 0.456 e. The zero-order valence-corrected chi connectivity index (χ0v) is 27.0. The molecule has 0 spiro atoms. The number of para-hydroxylation sites is 1. The minimum atomic E-state index is 0.867. The quantitative estimate of drug-likeness (QED) is 0.180. The van der Waals surface area contributed by atoms with Crippen molar-refractivity contribution >= 4 is 76.2 Å². The number of hydrogen-bond donors (Lipinski definition) is 0. The van der Waals surface area contributed by atoms with E-state index in [1.165, 1.54) is 60.1 Å². The van der Waals surface area contributed by atoms with Crippen molar-refractivity contribution < 1.29 is 8.83 Å². The molecule has 0 saturated carbocycles. The first-order valence-corrected chi connectivity index (χ1v) is 17.1. The Morgan fingerprint density at radius 3 is 1.50 bits per heavy atom. The van der Waals surface area contributed by atoms with Gasteiger partial charge in [0.2, 0.25) is 0 Å². The molecule has 9 aromatic carbocycles. The maximum absolute atomic E-state index is 6.44. The van der Waals surface area contributed by atoms with Crippen LogP contribution < -0.4 is 0 Å². The van der Waals surface area contributed by atoms with Crippen molar-refractivity contribution in [2.75, 3.05) is 0 Å².